The maximum Gasteiger partial charge on any atom is 0.256 e. The van der Waals surface area contributed by atoms with Crippen molar-refractivity contribution < 1.29 is 14.0 Å². The molecule has 1 aliphatic heterocycles. The Kier molecular flexibility index (Phi) is 5.59. The predicted octanol–water partition coefficient (Wildman–Crippen LogP) is 4.28. The Hall–Kier alpha value is -2.40. The van der Waals surface area contributed by atoms with E-state index in [1.54, 1.807) is 17.0 Å². The summed E-state index contributed by atoms with van der Waals surface area (Å²) in [4.78, 5) is 29.7. The van der Waals surface area contributed by atoms with Crippen LogP contribution in [0.1, 0.15) is 41.6 Å². The summed E-state index contributed by atoms with van der Waals surface area (Å²) in [6.45, 7) is 2.00. The van der Waals surface area contributed by atoms with Gasteiger partial charge in [0, 0.05) is 31.2 Å². The molecule has 2 aliphatic rings. The summed E-state index contributed by atoms with van der Waals surface area (Å²) in [5, 5.41) is 0.660. The second-order valence-electron chi connectivity index (χ2n) is 7.86. The monoisotopic (exact) mass is 414 g/mol. The number of hydrogen-bond donors (Lipinski definition) is 0. The molecule has 2 fully saturated rings. The number of halogens is 2. The van der Waals surface area contributed by atoms with E-state index in [0.29, 0.717) is 37.6 Å². The molecule has 1 aliphatic carbocycles. The minimum absolute atomic E-state index is 0.0869. The van der Waals surface area contributed by atoms with E-state index in [4.69, 9.17) is 11.6 Å². The fourth-order valence-electron chi connectivity index (χ4n) is 4.36. The third-order valence-electron chi connectivity index (χ3n) is 6.19. The van der Waals surface area contributed by atoms with E-state index in [-0.39, 0.29) is 17.4 Å². The SMILES string of the molecule is O=C(c1ccccc1F)N1CCCN(C(=O)C2(c3ccc(Cl)cc3)CCC2)CC1. The Labute approximate surface area is 175 Å². The average molecular weight is 415 g/mol. The molecule has 0 aromatic heterocycles. The lowest BCUT2D eigenvalue weighted by Crippen LogP contribution is -2.52. The summed E-state index contributed by atoms with van der Waals surface area (Å²) in [6, 6.07) is 13.6. The first-order valence-corrected chi connectivity index (χ1v) is 10.5. The number of nitrogens with zero attached hydrogens (tertiary/aromatic N) is 2. The lowest BCUT2D eigenvalue weighted by molar-refractivity contribution is -0.140. The van der Waals surface area contributed by atoms with Gasteiger partial charge in [-0.05, 0) is 49.1 Å². The Balaban J connectivity index is 1.48. The van der Waals surface area contributed by atoms with Crippen LogP contribution in [0.25, 0.3) is 0 Å². The zero-order chi connectivity index (χ0) is 20.4. The average Bonchev–Trinajstić information content (AvgIpc) is 2.94. The molecule has 2 aromatic carbocycles. The fourth-order valence-corrected chi connectivity index (χ4v) is 4.48. The first-order valence-electron chi connectivity index (χ1n) is 10.1. The first kappa shape index (κ1) is 19.9. The van der Waals surface area contributed by atoms with Crippen molar-refractivity contribution in [2.24, 2.45) is 0 Å². The molecule has 4 rings (SSSR count). The molecule has 0 bridgehead atoms. The van der Waals surface area contributed by atoms with E-state index >= 15 is 0 Å². The van der Waals surface area contributed by atoms with Crippen molar-refractivity contribution in [3.05, 3.63) is 70.5 Å². The number of benzene rings is 2. The smallest absolute Gasteiger partial charge is 0.256 e. The fraction of sp³-hybridized carbons (Fsp3) is 0.391. The topological polar surface area (TPSA) is 40.6 Å². The summed E-state index contributed by atoms with van der Waals surface area (Å²) in [6.07, 6.45) is 3.38. The minimum Gasteiger partial charge on any atom is -0.340 e. The molecule has 0 spiro atoms. The molecule has 1 heterocycles. The van der Waals surface area contributed by atoms with Gasteiger partial charge in [0.15, 0.2) is 0 Å². The van der Waals surface area contributed by atoms with Crippen LogP contribution in [0, 0.1) is 5.82 Å². The van der Waals surface area contributed by atoms with Gasteiger partial charge in [-0.15, -0.1) is 0 Å². The second kappa shape index (κ2) is 8.15. The van der Waals surface area contributed by atoms with Gasteiger partial charge in [0.05, 0.1) is 11.0 Å². The van der Waals surface area contributed by atoms with Crippen molar-refractivity contribution in [2.45, 2.75) is 31.1 Å². The normalized spacial score (nSPS) is 18.7. The highest BCUT2D eigenvalue weighted by Crippen LogP contribution is 2.45. The first-order chi connectivity index (χ1) is 14.0. The molecule has 152 valence electrons. The van der Waals surface area contributed by atoms with Crippen LogP contribution in [0.15, 0.2) is 48.5 Å². The summed E-state index contributed by atoms with van der Waals surface area (Å²) < 4.78 is 14.0. The van der Waals surface area contributed by atoms with Gasteiger partial charge < -0.3 is 9.80 Å². The van der Waals surface area contributed by atoms with E-state index in [9.17, 15) is 14.0 Å². The summed E-state index contributed by atoms with van der Waals surface area (Å²) in [7, 11) is 0. The van der Waals surface area contributed by atoms with Crippen LogP contribution in [0.4, 0.5) is 4.39 Å². The molecule has 1 saturated carbocycles. The Morgan fingerprint density at radius 2 is 1.52 bits per heavy atom. The van der Waals surface area contributed by atoms with Crippen molar-refractivity contribution in [2.75, 3.05) is 26.2 Å². The summed E-state index contributed by atoms with van der Waals surface area (Å²) in [5.41, 5.74) is 0.626. The molecule has 0 unspecified atom stereocenters. The third kappa shape index (κ3) is 3.76. The second-order valence-corrected chi connectivity index (χ2v) is 8.30. The zero-order valence-electron chi connectivity index (χ0n) is 16.2. The lowest BCUT2D eigenvalue weighted by Gasteiger charge is -2.44. The van der Waals surface area contributed by atoms with Gasteiger partial charge in [0.25, 0.3) is 5.91 Å². The van der Waals surface area contributed by atoms with Gasteiger partial charge in [0.2, 0.25) is 5.91 Å². The van der Waals surface area contributed by atoms with E-state index in [1.165, 1.54) is 12.1 Å². The molecule has 6 heteroatoms. The van der Waals surface area contributed by atoms with Crippen molar-refractivity contribution in [1.29, 1.82) is 0 Å². The van der Waals surface area contributed by atoms with E-state index in [2.05, 4.69) is 0 Å². The van der Waals surface area contributed by atoms with Crippen molar-refractivity contribution in [3.8, 4) is 0 Å². The van der Waals surface area contributed by atoms with Gasteiger partial charge in [-0.25, -0.2) is 4.39 Å². The molecule has 0 atom stereocenters. The number of amides is 2. The Morgan fingerprint density at radius 3 is 2.17 bits per heavy atom. The van der Waals surface area contributed by atoms with E-state index in [0.717, 1.165) is 24.8 Å². The standard InChI is InChI=1S/C23H24ClFN2O2/c24-18-9-7-17(8-10-18)23(11-3-12-23)22(29)27-14-4-13-26(15-16-27)21(28)19-5-1-2-6-20(19)25/h1-2,5-10H,3-4,11-16H2. The molecule has 2 amide bonds. The van der Waals surface area contributed by atoms with Crippen LogP contribution in [0.5, 0.6) is 0 Å². The van der Waals surface area contributed by atoms with Crippen LogP contribution in [0.3, 0.4) is 0 Å². The van der Waals surface area contributed by atoms with Crippen LogP contribution in [-0.2, 0) is 10.2 Å². The van der Waals surface area contributed by atoms with Crippen molar-refractivity contribution in [3.63, 3.8) is 0 Å². The van der Waals surface area contributed by atoms with Crippen molar-refractivity contribution in [1.82, 2.24) is 9.80 Å². The van der Waals surface area contributed by atoms with Gasteiger partial charge in [-0.2, -0.15) is 0 Å². The molecule has 2 aromatic rings. The summed E-state index contributed by atoms with van der Waals surface area (Å²) in [5.74, 6) is -0.689. The minimum atomic E-state index is -0.508. The quantitative estimate of drug-likeness (QED) is 0.752. The van der Waals surface area contributed by atoms with Gasteiger partial charge >= 0.3 is 0 Å². The molecule has 0 N–H and O–H groups in total. The highest BCUT2D eigenvalue weighted by atomic mass is 35.5. The lowest BCUT2D eigenvalue weighted by atomic mass is 9.63. The number of carbonyl (C=O) groups excluding carboxylic acids is 2. The maximum absolute atomic E-state index is 14.0. The molecule has 29 heavy (non-hydrogen) atoms. The molecule has 1 saturated heterocycles. The van der Waals surface area contributed by atoms with Crippen molar-refractivity contribution >= 4 is 23.4 Å². The molecule has 0 radical (unpaired) electrons. The Morgan fingerprint density at radius 1 is 0.862 bits per heavy atom. The van der Waals surface area contributed by atoms with E-state index in [1.807, 2.05) is 29.2 Å². The highest BCUT2D eigenvalue weighted by Gasteiger charge is 2.47. The molecular formula is C23H24ClFN2O2. The highest BCUT2D eigenvalue weighted by molar-refractivity contribution is 6.30. The zero-order valence-corrected chi connectivity index (χ0v) is 17.0. The number of carbonyl (C=O) groups is 2. The molecule has 4 nitrogen and oxygen atoms in total. The predicted molar refractivity (Wildman–Crippen MR) is 110 cm³/mol. The third-order valence-corrected chi connectivity index (χ3v) is 6.44. The van der Waals surface area contributed by atoms with Crippen LogP contribution in [0.2, 0.25) is 5.02 Å². The largest absolute Gasteiger partial charge is 0.340 e. The van der Waals surface area contributed by atoms with Gasteiger partial charge in [-0.3, -0.25) is 9.59 Å². The van der Waals surface area contributed by atoms with E-state index < -0.39 is 11.2 Å². The van der Waals surface area contributed by atoms with Crippen LogP contribution < -0.4 is 0 Å². The van der Waals surface area contributed by atoms with Gasteiger partial charge in [-0.1, -0.05) is 42.3 Å². The molecular weight excluding hydrogens is 391 g/mol. The van der Waals surface area contributed by atoms with Crippen LogP contribution >= 0.6 is 11.6 Å². The summed E-state index contributed by atoms with van der Waals surface area (Å²) >= 11 is 6.02. The maximum atomic E-state index is 14.0. The van der Waals surface area contributed by atoms with Crippen LogP contribution in [-0.4, -0.2) is 47.8 Å². The number of hydrogen-bond acceptors (Lipinski definition) is 2. The number of rotatable bonds is 3. The van der Waals surface area contributed by atoms with Gasteiger partial charge in [0.1, 0.15) is 5.82 Å². The Bertz CT molecular complexity index is 911.